The number of fused-ring (bicyclic) bond motifs is 1. The smallest absolute Gasteiger partial charge is 0.311 e. The van der Waals surface area contributed by atoms with E-state index in [0.717, 1.165) is 18.4 Å². The average molecular weight is 194 g/mol. The van der Waals surface area contributed by atoms with Gasteiger partial charge in [0.05, 0.1) is 4.92 Å². The Labute approximate surface area is 80.3 Å². The summed E-state index contributed by atoms with van der Waals surface area (Å²) < 4.78 is 0. The molecular weight excluding hydrogens is 184 g/mol. The molecule has 3 N–H and O–H groups in total. The third-order valence-corrected chi connectivity index (χ3v) is 2.58. The van der Waals surface area contributed by atoms with Gasteiger partial charge in [0, 0.05) is 17.7 Å². The Morgan fingerprint density at radius 3 is 2.93 bits per heavy atom. The normalized spacial score (nSPS) is 19.4. The van der Waals surface area contributed by atoms with E-state index in [4.69, 9.17) is 5.73 Å². The van der Waals surface area contributed by atoms with Crippen molar-refractivity contribution < 1.29 is 10.0 Å². The second-order valence-electron chi connectivity index (χ2n) is 3.41. The molecule has 0 fully saturated rings. The van der Waals surface area contributed by atoms with Crippen molar-refractivity contribution in [2.24, 2.45) is 5.73 Å². The first kappa shape index (κ1) is 8.96. The van der Waals surface area contributed by atoms with Crippen LogP contribution in [0.5, 0.6) is 5.75 Å². The van der Waals surface area contributed by atoms with Crippen LogP contribution in [-0.4, -0.2) is 10.0 Å². The van der Waals surface area contributed by atoms with Gasteiger partial charge in [-0.3, -0.25) is 10.1 Å². The minimum absolute atomic E-state index is 0.263. The van der Waals surface area contributed by atoms with Crippen molar-refractivity contribution in [3.8, 4) is 5.75 Å². The zero-order valence-corrected chi connectivity index (χ0v) is 7.43. The Kier molecular flexibility index (Phi) is 1.89. The van der Waals surface area contributed by atoms with Gasteiger partial charge in [-0.25, -0.2) is 0 Å². The molecule has 0 bridgehead atoms. The molecule has 0 saturated heterocycles. The van der Waals surface area contributed by atoms with E-state index in [1.54, 1.807) is 6.07 Å². The van der Waals surface area contributed by atoms with Crippen molar-refractivity contribution in [1.82, 2.24) is 0 Å². The van der Waals surface area contributed by atoms with Crippen LogP contribution < -0.4 is 5.73 Å². The second kappa shape index (κ2) is 2.95. The number of hydrogen-bond donors (Lipinski definition) is 2. The number of phenols is 1. The van der Waals surface area contributed by atoms with Crippen LogP contribution >= 0.6 is 0 Å². The molecule has 1 unspecified atom stereocenters. The van der Waals surface area contributed by atoms with Crippen molar-refractivity contribution >= 4 is 5.69 Å². The molecule has 0 amide bonds. The van der Waals surface area contributed by atoms with Gasteiger partial charge < -0.3 is 10.8 Å². The molecule has 1 aromatic carbocycles. The van der Waals surface area contributed by atoms with Crippen molar-refractivity contribution in [3.63, 3.8) is 0 Å². The number of nitro groups is 1. The largest absolute Gasteiger partial charge is 0.502 e. The summed E-state index contributed by atoms with van der Waals surface area (Å²) in [6.07, 6.45) is 1.52. The highest BCUT2D eigenvalue weighted by atomic mass is 16.6. The number of hydrogen-bond acceptors (Lipinski definition) is 4. The predicted octanol–water partition coefficient (Wildman–Crippen LogP) is 1.25. The van der Waals surface area contributed by atoms with Crippen LogP contribution in [0.3, 0.4) is 0 Å². The van der Waals surface area contributed by atoms with Gasteiger partial charge >= 0.3 is 5.69 Å². The molecule has 0 spiro atoms. The maximum absolute atomic E-state index is 10.5. The van der Waals surface area contributed by atoms with E-state index >= 15 is 0 Å². The number of aryl methyl sites for hydroxylation is 1. The number of phenolic OH excluding ortho intramolecular Hbond substituents is 1. The number of nitrogens with two attached hydrogens (primary N) is 1. The van der Waals surface area contributed by atoms with Gasteiger partial charge in [-0.2, -0.15) is 0 Å². The van der Waals surface area contributed by atoms with Crippen LogP contribution in [0, 0.1) is 10.1 Å². The summed E-state index contributed by atoms with van der Waals surface area (Å²) in [7, 11) is 0. The quantitative estimate of drug-likeness (QED) is 0.520. The fraction of sp³-hybridized carbons (Fsp3) is 0.333. The maximum Gasteiger partial charge on any atom is 0.311 e. The summed E-state index contributed by atoms with van der Waals surface area (Å²) in [6, 6.07) is 2.72. The first-order valence-corrected chi connectivity index (χ1v) is 4.36. The van der Waals surface area contributed by atoms with Gasteiger partial charge in [0.2, 0.25) is 0 Å². The number of aromatic hydroxyl groups is 1. The summed E-state index contributed by atoms with van der Waals surface area (Å²) in [6.45, 7) is 0. The fourth-order valence-electron chi connectivity index (χ4n) is 1.87. The van der Waals surface area contributed by atoms with E-state index in [-0.39, 0.29) is 17.5 Å². The molecule has 0 saturated carbocycles. The molecule has 5 nitrogen and oxygen atoms in total. The minimum atomic E-state index is -0.597. The van der Waals surface area contributed by atoms with Crippen molar-refractivity contribution in [3.05, 3.63) is 33.4 Å². The van der Waals surface area contributed by atoms with Crippen LogP contribution in [0.2, 0.25) is 0 Å². The lowest BCUT2D eigenvalue weighted by atomic mass is 10.1. The van der Waals surface area contributed by atoms with E-state index in [2.05, 4.69) is 0 Å². The van der Waals surface area contributed by atoms with Crippen LogP contribution in [0.15, 0.2) is 12.1 Å². The number of rotatable bonds is 1. The summed E-state index contributed by atoms with van der Waals surface area (Å²) in [5.74, 6) is -0.266. The SMILES string of the molecule is NC1CCc2ccc([N+](=O)[O-])c(O)c21. The zero-order valence-electron chi connectivity index (χ0n) is 7.43. The summed E-state index contributed by atoms with van der Waals surface area (Å²) in [5, 5.41) is 20.2. The number of benzene rings is 1. The maximum atomic E-state index is 10.5. The molecule has 5 heteroatoms. The highest BCUT2D eigenvalue weighted by Gasteiger charge is 2.28. The molecule has 74 valence electrons. The summed E-state index contributed by atoms with van der Waals surface area (Å²) >= 11 is 0. The van der Waals surface area contributed by atoms with Crippen LogP contribution in [0.4, 0.5) is 5.69 Å². The highest BCUT2D eigenvalue weighted by Crippen LogP contribution is 2.41. The van der Waals surface area contributed by atoms with Crippen LogP contribution in [-0.2, 0) is 6.42 Å². The highest BCUT2D eigenvalue weighted by molar-refractivity contribution is 5.56. The monoisotopic (exact) mass is 194 g/mol. The second-order valence-corrected chi connectivity index (χ2v) is 3.41. The minimum Gasteiger partial charge on any atom is -0.502 e. The number of nitrogens with zero attached hydrogens (tertiary/aromatic N) is 1. The van der Waals surface area contributed by atoms with Crippen LogP contribution in [0.25, 0.3) is 0 Å². The van der Waals surface area contributed by atoms with E-state index in [1.165, 1.54) is 6.07 Å². The average Bonchev–Trinajstić information content (AvgIpc) is 2.48. The van der Waals surface area contributed by atoms with E-state index < -0.39 is 4.92 Å². The molecule has 14 heavy (non-hydrogen) atoms. The molecule has 1 aliphatic rings. The molecule has 1 aromatic rings. The first-order chi connectivity index (χ1) is 6.61. The lowest BCUT2D eigenvalue weighted by molar-refractivity contribution is -0.385. The van der Waals surface area contributed by atoms with Gasteiger partial charge in [-0.1, -0.05) is 6.07 Å². The molecule has 1 aliphatic carbocycles. The van der Waals surface area contributed by atoms with Crippen molar-refractivity contribution in [2.45, 2.75) is 18.9 Å². The van der Waals surface area contributed by atoms with Gasteiger partial charge in [0.1, 0.15) is 0 Å². The predicted molar refractivity (Wildman–Crippen MR) is 50.0 cm³/mol. The van der Waals surface area contributed by atoms with Gasteiger partial charge in [-0.05, 0) is 18.4 Å². The number of nitro benzene ring substituents is 1. The summed E-state index contributed by atoms with van der Waals surface area (Å²) in [5.41, 5.74) is 6.93. The van der Waals surface area contributed by atoms with E-state index in [1.807, 2.05) is 0 Å². The van der Waals surface area contributed by atoms with Gasteiger partial charge in [-0.15, -0.1) is 0 Å². The van der Waals surface area contributed by atoms with Gasteiger partial charge in [0.15, 0.2) is 5.75 Å². The Morgan fingerprint density at radius 1 is 1.57 bits per heavy atom. The molecule has 1 atom stereocenters. The Morgan fingerprint density at radius 2 is 2.29 bits per heavy atom. The fourth-order valence-corrected chi connectivity index (χ4v) is 1.87. The Bertz CT molecular complexity index is 403. The molecular formula is C9H10N2O3. The topological polar surface area (TPSA) is 89.4 Å². The Balaban J connectivity index is 2.61. The molecule has 0 heterocycles. The molecule has 0 radical (unpaired) electrons. The molecule has 2 rings (SSSR count). The zero-order chi connectivity index (χ0) is 10.3. The van der Waals surface area contributed by atoms with Gasteiger partial charge in [0.25, 0.3) is 0 Å². The standard InChI is InChI=1S/C9H10N2O3/c10-6-3-1-5-2-4-7(11(13)14)9(12)8(5)6/h2,4,6,12H,1,3,10H2. The van der Waals surface area contributed by atoms with E-state index in [9.17, 15) is 15.2 Å². The molecule has 0 aromatic heterocycles. The van der Waals surface area contributed by atoms with Crippen LogP contribution in [0.1, 0.15) is 23.6 Å². The third-order valence-electron chi connectivity index (χ3n) is 2.58. The van der Waals surface area contributed by atoms with E-state index in [0.29, 0.717) is 5.56 Å². The summed E-state index contributed by atoms with van der Waals surface area (Å²) in [4.78, 5) is 9.94. The third kappa shape index (κ3) is 1.13. The van der Waals surface area contributed by atoms with Crippen molar-refractivity contribution in [2.75, 3.05) is 0 Å². The molecule has 0 aliphatic heterocycles. The lowest BCUT2D eigenvalue weighted by Crippen LogP contribution is -2.06. The Hall–Kier alpha value is -1.62. The lowest BCUT2D eigenvalue weighted by Gasteiger charge is -2.07. The first-order valence-electron chi connectivity index (χ1n) is 4.36. The van der Waals surface area contributed by atoms with Crippen molar-refractivity contribution in [1.29, 1.82) is 0 Å².